The van der Waals surface area contributed by atoms with E-state index in [1.165, 1.54) is 0 Å². The second kappa shape index (κ2) is 6.20. The highest BCUT2D eigenvalue weighted by molar-refractivity contribution is 6.31. The van der Waals surface area contributed by atoms with Crippen molar-refractivity contribution in [2.75, 3.05) is 4.90 Å². The van der Waals surface area contributed by atoms with Gasteiger partial charge in [0.1, 0.15) is 11.7 Å². The lowest BCUT2D eigenvalue weighted by Gasteiger charge is -2.39. The van der Waals surface area contributed by atoms with Gasteiger partial charge in [-0.2, -0.15) is 0 Å². The predicted octanol–water partition coefficient (Wildman–Crippen LogP) is 2.72. The van der Waals surface area contributed by atoms with Crippen LogP contribution < -0.4 is 10.0 Å². The third kappa shape index (κ3) is 4.66. The van der Waals surface area contributed by atoms with Gasteiger partial charge in [-0.15, -0.1) is 0 Å². The van der Waals surface area contributed by atoms with Crippen LogP contribution in [0.4, 0.5) is 10.5 Å². The van der Waals surface area contributed by atoms with Gasteiger partial charge in [0, 0.05) is 21.8 Å². The van der Waals surface area contributed by atoms with E-state index < -0.39 is 17.2 Å². The number of amides is 1. The van der Waals surface area contributed by atoms with E-state index in [1.54, 1.807) is 53.7 Å². The lowest BCUT2D eigenvalue weighted by atomic mass is 10.00. The number of carbonyl (C=O) groups is 1. The zero-order valence-corrected chi connectivity index (χ0v) is 14.5. The molecule has 0 atom stereocenters. The van der Waals surface area contributed by atoms with Crippen LogP contribution in [0.2, 0.25) is 5.02 Å². The minimum absolute atomic E-state index is 0.371. The standard InChI is InChI=1S/C17H22ClNO3/c1-11-12(7-8-17(5,6)22)9-13(18)10-14(11)19(15(20)21)16(2,3)4/h9-10,22H,1-6H3,(H,20,21)/p-1. The van der Waals surface area contributed by atoms with E-state index in [1.807, 2.05) is 0 Å². The molecule has 0 bridgehead atoms. The smallest absolute Gasteiger partial charge is 0.142 e. The summed E-state index contributed by atoms with van der Waals surface area (Å²) in [4.78, 5) is 12.7. The zero-order valence-electron chi connectivity index (χ0n) is 13.7. The Hall–Kier alpha value is -1.70. The Labute approximate surface area is 136 Å². The molecule has 0 aliphatic carbocycles. The van der Waals surface area contributed by atoms with E-state index in [4.69, 9.17) is 11.6 Å². The summed E-state index contributed by atoms with van der Waals surface area (Å²) in [5.74, 6) is 5.56. The van der Waals surface area contributed by atoms with E-state index in [2.05, 4.69) is 11.8 Å². The fraction of sp³-hybridized carbons (Fsp3) is 0.471. The molecular formula is C17H21ClNO3-. The molecule has 0 heterocycles. The molecule has 0 aromatic heterocycles. The van der Waals surface area contributed by atoms with E-state index in [9.17, 15) is 15.0 Å². The quantitative estimate of drug-likeness (QED) is 0.809. The largest absolute Gasteiger partial charge is 0.530 e. The Morgan fingerprint density at radius 1 is 1.27 bits per heavy atom. The summed E-state index contributed by atoms with van der Waals surface area (Å²) in [6.45, 7) is 10.2. The molecule has 0 aliphatic rings. The van der Waals surface area contributed by atoms with Crippen LogP contribution in [0.3, 0.4) is 0 Å². The molecule has 0 radical (unpaired) electrons. The van der Waals surface area contributed by atoms with E-state index >= 15 is 0 Å². The first-order valence-corrected chi connectivity index (χ1v) is 7.27. The molecular weight excluding hydrogens is 302 g/mol. The molecule has 0 fully saturated rings. The van der Waals surface area contributed by atoms with Crippen LogP contribution in [0.25, 0.3) is 0 Å². The summed E-state index contributed by atoms with van der Waals surface area (Å²) in [7, 11) is 0. The second-order valence-corrected chi connectivity index (χ2v) is 7.12. The van der Waals surface area contributed by atoms with Crippen LogP contribution >= 0.6 is 11.6 Å². The van der Waals surface area contributed by atoms with Crippen molar-refractivity contribution >= 4 is 23.4 Å². The van der Waals surface area contributed by atoms with E-state index in [0.29, 0.717) is 21.8 Å². The highest BCUT2D eigenvalue weighted by atomic mass is 35.5. The van der Waals surface area contributed by atoms with Crippen LogP contribution in [0.1, 0.15) is 45.7 Å². The van der Waals surface area contributed by atoms with Gasteiger partial charge in [0.2, 0.25) is 0 Å². The zero-order chi connectivity index (χ0) is 17.3. The normalized spacial score (nSPS) is 11.6. The van der Waals surface area contributed by atoms with Gasteiger partial charge < -0.3 is 19.9 Å². The molecule has 1 aromatic rings. The SMILES string of the molecule is Cc1c(C#CC(C)(C)O)cc(Cl)cc1N(C(=O)[O-])C(C)(C)C. The summed E-state index contributed by atoms with van der Waals surface area (Å²) in [5, 5.41) is 21.6. The first-order chi connectivity index (χ1) is 9.83. The van der Waals surface area contributed by atoms with Crippen molar-refractivity contribution in [1.29, 1.82) is 0 Å². The molecule has 4 nitrogen and oxygen atoms in total. The molecule has 120 valence electrons. The third-order valence-corrected chi connectivity index (χ3v) is 3.16. The van der Waals surface area contributed by atoms with E-state index in [-0.39, 0.29) is 0 Å². The lowest BCUT2D eigenvalue weighted by molar-refractivity contribution is -0.247. The number of halogens is 1. The molecule has 0 saturated heterocycles. The fourth-order valence-electron chi connectivity index (χ4n) is 1.98. The Morgan fingerprint density at radius 3 is 2.23 bits per heavy atom. The summed E-state index contributed by atoms with van der Waals surface area (Å²) in [5.41, 5.74) is -0.164. The molecule has 0 saturated carbocycles. The Kier molecular flexibility index (Phi) is 5.17. The summed E-state index contributed by atoms with van der Waals surface area (Å²) >= 11 is 6.10. The first kappa shape index (κ1) is 18.3. The molecule has 1 rings (SSSR count). The highest BCUT2D eigenvalue weighted by Gasteiger charge is 2.25. The van der Waals surface area contributed by atoms with Gasteiger partial charge in [0.25, 0.3) is 0 Å². The molecule has 5 heteroatoms. The van der Waals surface area contributed by atoms with Crippen LogP contribution in [-0.2, 0) is 0 Å². The molecule has 1 N–H and O–H groups in total. The van der Waals surface area contributed by atoms with Crippen molar-refractivity contribution in [2.24, 2.45) is 0 Å². The maximum absolute atomic E-state index is 11.5. The van der Waals surface area contributed by atoms with Crippen molar-refractivity contribution in [3.05, 3.63) is 28.3 Å². The molecule has 0 unspecified atom stereocenters. The minimum atomic E-state index is -1.31. The highest BCUT2D eigenvalue weighted by Crippen LogP contribution is 2.32. The van der Waals surface area contributed by atoms with Crippen molar-refractivity contribution in [2.45, 2.75) is 52.7 Å². The predicted molar refractivity (Wildman–Crippen MR) is 87.0 cm³/mol. The van der Waals surface area contributed by atoms with Crippen molar-refractivity contribution in [1.82, 2.24) is 0 Å². The average molecular weight is 323 g/mol. The Bertz CT molecular complexity index is 643. The number of anilines is 1. The monoisotopic (exact) mass is 322 g/mol. The molecule has 0 aliphatic heterocycles. The van der Waals surface area contributed by atoms with Crippen LogP contribution in [-0.4, -0.2) is 22.3 Å². The first-order valence-electron chi connectivity index (χ1n) is 6.90. The van der Waals surface area contributed by atoms with Crippen LogP contribution in [0.5, 0.6) is 0 Å². The summed E-state index contributed by atoms with van der Waals surface area (Å²) < 4.78 is 0. The maximum atomic E-state index is 11.5. The van der Waals surface area contributed by atoms with Crippen LogP contribution in [0.15, 0.2) is 12.1 Å². The van der Waals surface area contributed by atoms with Crippen molar-refractivity contribution < 1.29 is 15.0 Å². The number of carbonyl (C=O) groups excluding carboxylic acids is 1. The lowest BCUT2D eigenvalue weighted by Crippen LogP contribution is -2.52. The number of nitrogens with zero attached hydrogens (tertiary/aromatic N) is 1. The molecule has 1 amide bonds. The van der Waals surface area contributed by atoms with Gasteiger partial charge in [-0.1, -0.05) is 23.4 Å². The Balaban J connectivity index is 3.53. The number of hydrogen-bond acceptors (Lipinski definition) is 3. The number of rotatable bonds is 1. The number of benzene rings is 1. The molecule has 0 spiro atoms. The number of carboxylic acid groups (broad SMARTS) is 1. The van der Waals surface area contributed by atoms with Gasteiger partial charge in [-0.05, 0) is 59.2 Å². The average Bonchev–Trinajstić information content (AvgIpc) is 2.28. The number of hydrogen-bond donors (Lipinski definition) is 1. The van der Waals surface area contributed by atoms with Gasteiger partial charge in [0.15, 0.2) is 0 Å². The van der Waals surface area contributed by atoms with Gasteiger partial charge in [-0.25, -0.2) is 0 Å². The maximum Gasteiger partial charge on any atom is 0.142 e. The molecule has 22 heavy (non-hydrogen) atoms. The third-order valence-electron chi connectivity index (χ3n) is 2.94. The van der Waals surface area contributed by atoms with E-state index in [0.717, 1.165) is 4.90 Å². The van der Waals surface area contributed by atoms with Crippen molar-refractivity contribution in [3.63, 3.8) is 0 Å². The van der Waals surface area contributed by atoms with Gasteiger partial charge >= 0.3 is 0 Å². The minimum Gasteiger partial charge on any atom is -0.530 e. The van der Waals surface area contributed by atoms with Crippen LogP contribution in [0, 0.1) is 18.8 Å². The second-order valence-electron chi connectivity index (χ2n) is 6.68. The van der Waals surface area contributed by atoms with Gasteiger partial charge in [-0.3, -0.25) is 0 Å². The fourth-order valence-corrected chi connectivity index (χ4v) is 2.19. The molecule has 1 aromatic carbocycles. The number of aliphatic hydroxyl groups is 1. The topological polar surface area (TPSA) is 63.6 Å². The Morgan fingerprint density at radius 2 is 1.82 bits per heavy atom. The van der Waals surface area contributed by atoms with Crippen molar-refractivity contribution in [3.8, 4) is 11.8 Å². The summed E-state index contributed by atoms with van der Waals surface area (Å²) in [6.07, 6.45) is -1.31. The summed E-state index contributed by atoms with van der Waals surface area (Å²) in [6, 6.07) is 3.22. The van der Waals surface area contributed by atoms with Gasteiger partial charge in [0.05, 0.1) is 0 Å².